The molecule has 0 saturated heterocycles. The van der Waals surface area contributed by atoms with Crippen molar-refractivity contribution in [3.8, 4) is 11.3 Å². The number of pyridine rings is 3. The number of carbonyl (C=O) groups excluding carboxylic acids is 1. The Hall–Kier alpha value is -3.77. The Bertz CT molecular complexity index is 1200. The second-order valence-electron chi connectivity index (χ2n) is 7.23. The molecule has 1 unspecified atom stereocenters. The smallest absolute Gasteiger partial charge is 0.229 e. The molecule has 0 radical (unpaired) electrons. The largest absolute Gasteiger partial charge is 0.369 e. The van der Waals surface area contributed by atoms with Crippen LogP contribution in [0.15, 0.2) is 85.3 Å². The summed E-state index contributed by atoms with van der Waals surface area (Å²) in [5.74, 6) is -0.585. The van der Waals surface area contributed by atoms with Crippen LogP contribution in [0.2, 0.25) is 5.02 Å². The van der Waals surface area contributed by atoms with Gasteiger partial charge in [0.2, 0.25) is 5.91 Å². The predicted molar refractivity (Wildman–Crippen MR) is 126 cm³/mol. The average molecular weight is 444 g/mol. The number of hydrogen-bond donors (Lipinski definition) is 2. The van der Waals surface area contributed by atoms with Crippen LogP contribution in [0.4, 0.5) is 5.82 Å². The fourth-order valence-electron chi connectivity index (χ4n) is 3.56. The SMILES string of the molecule is NC(=O)C(c1cccnc1)c1ccc(-c2ccccc2Cl)nc1NCCc1ccccn1. The number of aromatic nitrogens is 3. The molecule has 0 saturated carbocycles. The van der Waals surface area contributed by atoms with Crippen LogP contribution < -0.4 is 11.1 Å². The van der Waals surface area contributed by atoms with E-state index in [0.717, 1.165) is 11.3 Å². The van der Waals surface area contributed by atoms with Crippen molar-refractivity contribution >= 4 is 23.3 Å². The Morgan fingerprint density at radius 3 is 2.56 bits per heavy atom. The van der Waals surface area contributed by atoms with Gasteiger partial charge in [0.15, 0.2) is 0 Å². The first-order valence-electron chi connectivity index (χ1n) is 10.2. The number of anilines is 1. The summed E-state index contributed by atoms with van der Waals surface area (Å²) < 4.78 is 0. The molecule has 7 heteroatoms. The number of nitrogens with zero attached hydrogens (tertiary/aromatic N) is 3. The number of hydrogen-bond acceptors (Lipinski definition) is 5. The van der Waals surface area contributed by atoms with Crippen molar-refractivity contribution in [2.75, 3.05) is 11.9 Å². The summed E-state index contributed by atoms with van der Waals surface area (Å²) in [6, 6.07) is 20.7. The summed E-state index contributed by atoms with van der Waals surface area (Å²) in [6.07, 6.45) is 5.77. The Morgan fingerprint density at radius 1 is 1.00 bits per heavy atom. The van der Waals surface area contributed by atoms with Gasteiger partial charge in [0.05, 0.1) is 11.6 Å². The molecule has 0 aliphatic carbocycles. The Labute approximate surface area is 191 Å². The molecule has 3 N–H and O–H groups in total. The van der Waals surface area contributed by atoms with Gasteiger partial charge in [0.1, 0.15) is 5.82 Å². The highest BCUT2D eigenvalue weighted by atomic mass is 35.5. The average Bonchev–Trinajstić information content (AvgIpc) is 2.82. The van der Waals surface area contributed by atoms with Crippen molar-refractivity contribution in [2.45, 2.75) is 12.3 Å². The number of carbonyl (C=O) groups is 1. The maximum atomic E-state index is 12.5. The Balaban J connectivity index is 1.72. The Kier molecular flexibility index (Phi) is 6.72. The van der Waals surface area contributed by atoms with E-state index < -0.39 is 11.8 Å². The third-order valence-electron chi connectivity index (χ3n) is 5.09. The molecule has 32 heavy (non-hydrogen) atoms. The van der Waals surface area contributed by atoms with Gasteiger partial charge in [-0.3, -0.25) is 14.8 Å². The third kappa shape index (κ3) is 4.92. The molecular formula is C25H22ClN5O. The van der Waals surface area contributed by atoms with E-state index >= 15 is 0 Å². The first-order valence-corrected chi connectivity index (χ1v) is 10.6. The van der Waals surface area contributed by atoms with Gasteiger partial charge in [-0.1, -0.05) is 48.0 Å². The number of nitrogens with two attached hydrogens (primary N) is 1. The van der Waals surface area contributed by atoms with Gasteiger partial charge in [-0.2, -0.15) is 0 Å². The highest BCUT2D eigenvalue weighted by Gasteiger charge is 2.25. The van der Waals surface area contributed by atoms with Crippen molar-refractivity contribution in [1.82, 2.24) is 15.0 Å². The minimum absolute atomic E-state index is 0.474. The number of halogens is 1. The number of primary amides is 1. The summed E-state index contributed by atoms with van der Waals surface area (Å²) in [6.45, 7) is 0.585. The van der Waals surface area contributed by atoms with Crippen molar-refractivity contribution in [3.63, 3.8) is 0 Å². The zero-order valence-electron chi connectivity index (χ0n) is 17.3. The summed E-state index contributed by atoms with van der Waals surface area (Å²) in [4.78, 5) is 25.8. The van der Waals surface area contributed by atoms with E-state index in [-0.39, 0.29) is 0 Å². The van der Waals surface area contributed by atoms with Crippen LogP contribution in [0.5, 0.6) is 0 Å². The standard InChI is InChI=1S/C25H22ClN5O/c26-21-9-2-1-8-19(21)22-11-10-20(23(24(27)32)17-6-5-13-28-16-17)25(31-22)30-15-12-18-7-3-4-14-29-18/h1-11,13-14,16,23H,12,15H2,(H2,27,32)(H,30,31). The van der Waals surface area contributed by atoms with E-state index in [9.17, 15) is 4.79 Å². The molecular weight excluding hydrogens is 422 g/mol. The Morgan fingerprint density at radius 2 is 1.84 bits per heavy atom. The maximum Gasteiger partial charge on any atom is 0.229 e. The summed E-state index contributed by atoms with van der Waals surface area (Å²) in [5, 5.41) is 3.98. The van der Waals surface area contributed by atoms with Crippen LogP contribution in [0.1, 0.15) is 22.7 Å². The molecule has 1 amide bonds. The minimum atomic E-state index is -0.686. The molecule has 3 heterocycles. The van der Waals surface area contributed by atoms with Gasteiger partial charge in [-0.25, -0.2) is 4.98 Å². The van der Waals surface area contributed by atoms with Crippen molar-refractivity contribution in [1.29, 1.82) is 0 Å². The topological polar surface area (TPSA) is 93.8 Å². The van der Waals surface area contributed by atoms with E-state index in [1.165, 1.54) is 0 Å². The zero-order chi connectivity index (χ0) is 22.3. The second-order valence-corrected chi connectivity index (χ2v) is 7.64. The monoisotopic (exact) mass is 443 g/mol. The van der Waals surface area contributed by atoms with Gasteiger partial charge in [0.25, 0.3) is 0 Å². The first-order chi connectivity index (χ1) is 15.6. The van der Waals surface area contributed by atoms with E-state index in [1.54, 1.807) is 24.7 Å². The second kappa shape index (κ2) is 10.0. The van der Waals surface area contributed by atoms with Gasteiger partial charge >= 0.3 is 0 Å². The van der Waals surface area contributed by atoms with Crippen LogP contribution in [0.25, 0.3) is 11.3 Å². The van der Waals surface area contributed by atoms with E-state index in [1.807, 2.05) is 60.7 Å². The van der Waals surface area contributed by atoms with E-state index in [4.69, 9.17) is 22.3 Å². The zero-order valence-corrected chi connectivity index (χ0v) is 18.0. The summed E-state index contributed by atoms with van der Waals surface area (Å²) in [7, 11) is 0. The van der Waals surface area contributed by atoms with Crippen molar-refractivity contribution in [2.24, 2.45) is 5.73 Å². The molecule has 6 nitrogen and oxygen atoms in total. The molecule has 3 aromatic heterocycles. The van der Waals surface area contributed by atoms with Crippen LogP contribution in [0.3, 0.4) is 0 Å². The molecule has 0 bridgehead atoms. The van der Waals surface area contributed by atoms with Crippen LogP contribution in [-0.4, -0.2) is 27.4 Å². The van der Waals surface area contributed by atoms with Gasteiger partial charge < -0.3 is 11.1 Å². The molecule has 1 aromatic carbocycles. The van der Waals surface area contributed by atoms with E-state index in [2.05, 4.69) is 15.3 Å². The highest BCUT2D eigenvalue weighted by molar-refractivity contribution is 6.33. The van der Waals surface area contributed by atoms with Gasteiger partial charge in [-0.05, 0) is 35.9 Å². The summed E-state index contributed by atoms with van der Waals surface area (Å²) >= 11 is 6.39. The lowest BCUT2D eigenvalue weighted by Gasteiger charge is -2.19. The molecule has 0 aliphatic heterocycles. The predicted octanol–water partition coefficient (Wildman–Crippen LogP) is 4.46. The normalized spacial score (nSPS) is 11.7. The number of benzene rings is 1. The lowest BCUT2D eigenvalue weighted by atomic mass is 9.91. The number of rotatable bonds is 8. The number of nitrogens with one attached hydrogen (secondary N) is 1. The first kappa shape index (κ1) is 21.5. The van der Waals surface area contributed by atoms with Gasteiger partial charge in [-0.15, -0.1) is 0 Å². The lowest BCUT2D eigenvalue weighted by Crippen LogP contribution is -2.24. The third-order valence-corrected chi connectivity index (χ3v) is 5.42. The van der Waals surface area contributed by atoms with Crippen LogP contribution in [-0.2, 0) is 11.2 Å². The van der Waals surface area contributed by atoms with Crippen LogP contribution >= 0.6 is 11.6 Å². The summed E-state index contributed by atoms with van der Waals surface area (Å²) in [5.41, 5.74) is 9.67. The molecule has 160 valence electrons. The molecule has 0 aliphatic rings. The fourth-order valence-corrected chi connectivity index (χ4v) is 3.79. The van der Waals surface area contributed by atoms with Crippen molar-refractivity contribution in [3.05, 3.63) is 107 Å². The molecule has 0 spiro atoms. The maximum absolute atomic E-state index is 12.5. The lowest BCUT2D eigenvalue weighted by molar-refractivity contribution is -0.118. The van der Waals surface area contributed by atoms with Crippen molar-refractivity contribution < 1.29 is 4.79 Å². The molecule has 0 fully saturated rings. The molecule has 4 rings (SSSR count). The van der Waals surface area contributed by atoms with E-state index in [0.29, 0.717) is 40.6 Å². The van der Waals surface area contributed by atoms with Gasteiger partial charge in [0, 0.05) is 53.4 Å². The molecule has 4 aromatic rings. The molecule has 1 atom stereocenters. The van der Waals surface area contributed by atoms with Crippen LogP contribution in [0, 0.1) is 0 Å². The fraction of sp³-hybridized carbons (Fsp3) is 0.120. The minimum Gasteiger partial charge on any atom is -0.369 e. The highest BCUT2D eigenvalue weighted by Crippen LogP contribution is 2.33. The number of amides is 1. The quantitative estimate of drug-likeness (QED) is 0.419.